The van der Waals surface area contributed by atoms with Crippen molar-refractivity contribution in [1.29, 1.82) is 0 Å². The number of benzene rings is 3. The Kier molecular flexibility index (Phi) is 6.85. The molecule has 2 N–H and O–H groups in total. The van der Waals surface area contributed by atoms with E-state index in [0.29, 0.717) is 22.6 Å². The maximum absolute atomic E-state index is 12.9. The van der Waals surface area contributed by atoms with Crippen molar-refractivity contribution in [3.05, 3.63) is 78.4 Å². The molecule has 0 aliphatic carbocycles. The molecule has 0 atom stereocenters. The number of nitrogens with one attached hydrogen (secondary N) is 2. The summed E-state index contributed by atoms with van der Waals surface area (Å²) in [5.74, 6) is -0.0418. The van der Waals surface area contributed by atoms with Gasteiger partial charge in [-0.2, -0.15) is 4.72 Å². The van der Waals surface area contributed by atoms with Gasteiger partial charge in [-0.05, 0) is 37.6 Å². The number of para-hydroxylation sites is 1. The van der Waals surface area contributed by atoms with Crippen molar-refractivity contribution in [2.45, 2.75) is 18.7 Å². The van der Waals surface area contributed by atoms with Crippen molar-refractivity contribution in [2.75, 3.05) is 18.5 Å². The molecule has 0 radical (unpaired) electrons. The maximum Gasteiger partial charge on any atom is 0.321 e. The summed E-state index contributed by atoms with van der Waals surface area (Å²) in [4.78, 5) is 11.7. The lowest BCUT2D eigenvalue weighted by atomic mass is 10.0. The van der Waals surface area contributed by atoms with E-state index in [1.54, 1.807) is 32.0 Å². The van der Waals surface area contributed by atoms with Crippen molar-refractivity contribution >= 4 is 38.3 Å². The van der Waals surface area contributed by atoms with Crippen LogP contribution in [0.2, 0.25) is 0 Å². The van der Waals surface area contributed by atoms with Gasteiger partial charge in [-0.1, -0.05) is 54.6 Å². The molecule has 3 aromatic carbocycles. The number of aryl methyl sites for hydroxylation is 1. The number of aromatic nitrogens is 2. The Morgan fingerprint density at radius 1 is 0.941 bits per heavy atom. The van der Waals surface area contributed by atoms with E-state index in [4.69, 9.17) is 4.74 Å². The summed E-state index contributed by atoms with van der Waals surface area (Å²) in [5, 5.41) is 13.8. The molecule has 34 heavy (non-hydrogen) atoms. The van der Waals surface area contributed by atoms with Crippen molar-refractivity contribution in [3.8, 4) is 11.3 Å². The summed E-state index contributed by atoms with van der Waals surface area (Å²) in [5.41, 5.74) is 2.57. The van der Waals surface area contributed by atoms with Crippen LogP contribution < -0.4 is 10.0 Å². The lowest BCUT2D eigenvalue weighted by Gasteiger charge is -2.13. The Hall–Kier alpha value is -3.82. The fourth-order valence-corrected chi connectivity index (χ4v) is 4.79. The van der Waals surface area contributed by atoms with Gasteiger partial charge in [-0.3, -0.25) is 4.79 Å². The van der Waals surface area contributed by atoms with E-state index in [0.717, 1.165) is 16.5 Å². The van der Waals surface area contributed by atoms with Gasteiger partial charge in [0.15, 0.2) is 5.82 Å². The highest BCUT2D eigenvalue weighted by Crippen LogP contribution is 2.32. The number of rotatable bonds is 8. The minimum atomic E-state index is -3.95. The van der Waals surface area contributed by atoms with Gasteiger partial charge >= 0.3 is 5.97 Å². The molecule has 4 rings (SSSR count). The Labute approximate surface area is 198 Å². The molecule has 1 aromatic heterocycles. The molecule has 0 fully saturated rings. The van der Waals surface area contributed by atoms with E-state index in [1.807, 2.05) is 54.6 Å². The largest absolute Gasteiger partial charge is 0.465 e. The van der Waals surface area contributed by atoms with Crippen LogP contribution >= 0.6 is 0 Å². The van der Waals surface area contributed by atoms with E-state index in [9.17, 15) is 13.2 Å². The minimum Gasteiger partial charge on any atom is -0.465 e. The van der Waals surface area contributed by atoms with Crippen LogP contribution in [0, 0.1) is 6.92 Å². The first kappa shape index (κ1) is 23.3. The van der Waals surface area contributed by atoms with Crippen LogP contribution in [-0.2, 0) is 19.6 Å². The molecule has 174 valence electrons. The fourth-order valence-electron chi connectivity index (χ4n) is 3.55. The van der Waals surface area contributed by atoms with E-state index in [1.165, 1.54) is 0 Å². The lowest BCUT2D eigenvalue weighted by molar-refractivity contribution is -0.141. The van der Waals surface area contributed by atoms with Crippen LogP contribution in [0.4, 0.5) is 11.5 Å². The highest BCUT2D eigenvalue weighted by molar-refractivity contribution is 7.89. The molecule has 9 heteroatoms. The van der Waals surface area contributed by atoms with Crippen molar-refractivity contribution in [2.24, 2.45) is 0 Å². The Bertz CT molecular complexity index is 1440. The third-order valence-corrected chi connectivity index (χ3v) is 6.73. The van der Waals surface area contributed by atoms with Crippen LogP contribution in [0.15, 0.2) is 77.7 Å². The Morgan fingerprint density at radius 3 is 2.38 bits per heavy atom. The molecule has 0 unspecified atom stereocenters. The van der Waals surface area contributed by atoms with Crippen LogP contribution in [-0.4, -0.2) is 37.7 Å². The first-order valence-electron chi connectivity index (χ1n) is 10.7. The standard InChI is InChI=1S/C25H24N4O4S/c1-3-33-23(30)16-26-34(31,32)22-15-18(14-13-17(22)2)24-20-11-7-8-12-21(20)25(29-28-24)27-19-9-5-4-6-10-19/h4-15,26H,3,16H2,1-2H3,(H,27,29). The topological polar surface area (TPSA) is 110 Å². The Morgan fingerprint density at radius 2 is 1.65 bits per heavy atom. The van der Waals surface area contributed by atoms with Gasteiger partial charge in [0, 0.05) is 22.0 Å². The van der Waals surface area contributed by atoms with Gasteiger partial charge in [0.1, 0.15) is 12.2 Å². The molecular weight excluding hydrogens is 452 g/mol. The third-order valence-electron chi connectivity index (χ3n) is 5.19. The summed E-state index contributed by atoms with van der Waals surface area (Å²) >= 11 is 0. The zero-order valence-corrected chi connectivity index (χ0v) is 19.6. The van der Waals surface area contributed by atoms with E-state index in [2.05, 4.69) is 20.2 Å². The predicted molar refractivity (Wildman–Crippen MR) is 131 cm³/mol. The number of nitrogens with zero attached hydrogens (tertiary/aromatic N) is 2. The zero-order chi connectivity index (χ0) is 24.1. The van der Waals surface area contributed by atoms with Crippen molar-refractivity contribution in [1.82, 2.24) is 14.9 Å². The zero-order valence-electron chi connectivity index (χ0n) is 18.8. The number of sulfonamides is 1. The number of carbonyl (C=O) groups excluding carboxylic acids is 1. The van der Waals surface area contributed by atoms with E-state index < -0.39 is 22.5 Å². The van der Waals surface area contributed by atoms with Crippen LogP contribution in [0.25, 0.3) is 22.0 Å². The molecule has 0 aliphatic heterocycles. The monoisotopic (exact) mass is 476 g/mol. The van der Waals surface area contributed by atoms with Gasteiger partial charge in [-0.25, -0.2) is 8.42 Å². The summed E-state index contributed by atoms with van der Waals surface area (Å²) in [6.45, 7) is 3.09. The molecular formula is C25H24N4O4S. The van der Waals surface area contributed by atoms with E-state index >= 15 is 0 Å². The van der Waals surface area contributed by atoms with Gasteiger partial charge < -0.3 is 10.1 Å². The predicted octanol–water partition coefficient (Wildman–Crippen LogP) is 4.19. The number of carbonyl (C=O) groups is 1. The molecule has 0 saturated heterocycles. The molecule has 0 bridgehead atoms. The molecule has 0 saturated carbocycles. The number of hydrogen-bond acceptors (Lipinski definition) is 7. The summed E-state index contributed by atoms with van der Waals surface area (Å²) in [6.07, 6.45) is 0. The quantitative estimate of drug-likeness (QED) is 0.367. The first-order chi connectivity index (χ1) is 16.4. The van der Waals surface area contributed by atoms with Crippen molar-refractivity contribution < 1.29 is 17.9 Å². The molecule has 0 spiro atoms. The average molecular weight is 477 g/mol. The lowest BCUT2D eigenvalue weighted by Crippen LogP contribution is -2.31. The molecule has 1 heterocycles. The second-order valence-corrected chi connectivity index (χ2v) is 9.28. The summed E-state index contributed by atoms with van der Waals surface area (Å²) in [7, 11) is -3.95. The number of ether oxygens (including phenoxy) is 1. The van der Waals surface area contributed by atoms with Gasteiger partial charge in [0.25, 0.3) is 0 Å². The van der Waals surface area contributed by atoms with Crippen molar-refractivity contribution in [3.63, 3.8) is 0 Å². The fraction of sp³-hybridized carbons (Fsp3) is 0.160. The minimum absolute atomic E-state index is 0.0617. The maximum atomic E-state index is 12.9. The van der Waals surface area contributed by atoms with Gasteiger partial charge in [0.05, 0.1) is 11.5 Å². The van der Waals surface area contributed by atoms with E-state index in [-0.39, 0.29) is 11.5 Å². The highest BCUT2D eigenvalue weighted by Gasteiger charge is 2.20. The number of fused-ring (bicyclic) bond motifs is 1. The highest BCUT2D eigenvalue weighted by atomic mass is 32.2. The number of anilines is 2. The van der Waals surface area contributed by atoms with Gasteiger partial charge in [0.2, 0.25) is 10.0 Å². The molecule has 0 amide bonds. The average Bonchev–Trinajstić information content (AvgIpc) is 2.84. The van der Waals surface area contributed by atoms with Gasteiger partial charge in [-0.15, -0.1) is 10.2 Å². The smallest absolute Gasteiger partial charge is 0.321 e. The van der Waals surface area contributed by atoms with Crippen LogP contribution in [0.1, 0.15) is 12.5 Å². The molecule has 4 aromatic rings. The van der Waals surface area contributed by atoms with Crippen LogP contribution in [0.3, 0.4) is 0 Å². The second-order valence-electron chi connectivity index (χ2n) is 7.54. The summed E-state index contributed by atoms with van der Waals surface area (Å²) in [6, 6.07) is 22.4. The SMILES string of the molecule is CCOC(=O)CNS(=O)(=O)c1cc(-c2nnc(Nc3ccccc3)c3ccccc23)ccc1C. The van der Waals surface area contributed by atoms with Crippen LogP contribution in [0.5, 0.6) is 0 Å². The number of hydrogen-bond donors (Lipinski definition) is 2. The summed E-state index contributed by atoms with van der Waals surface area (Å²) < 4.78 is 32.9. The second kappa shape index (κ2) is 9.98. The first-order valence-corrected chi connectivity index (χ1v) is 12.2. The Balaban J connectivity index is 1.73. The third kappa shape index (κ3) is 5.05. The molecule has 0 aliphatic rings. The number of esters is 1. The normalized spacial score (nSPS) is 11.4. The molecule has 8 nitrogen and oxygen atoms in total.